The van der Waals surface area contributed by atoms with Crippen molar-refractivity contribution in [2.75, 3.05) is 36.8 Å². The minimum atomic E-state index is -0.0767. The van der Waals surface area contributed by atoms with Crippen LogP contribution in [0.4, 0.5) is 5.82 Å². The van der Waals surface area contributed by atoms with Crippen LogP contribution in [0, 0.1) is 0 Å². The van der Waals surface area contributed by atoms with Gasteiger partial charge < -0.3 is 9.80 Å². The lowest BCUT2D eigenvalue weighted by Crippen LogP contribution is -2.49. The van der Waals surface area contributed by atoms with Gasteiger partial charge in [-0.15, -0.1) is 22.7 Å². The van der Waals surface area contributed by atoms with Crippen molar-refractivity contribution in [3.63, 3.8) is 0 Å². The number of piperazine rings is 1. The number of aromatic nitrogens is 4. The monoisotopic (exact) mass is 484 g/mol. The second-order valence-corrected chi connectivity index (χ2v) is 10.0. The van der Waals surface area contributed by atoms with Crippen LogP contribution in [0.1, 0.15) is 0 Å². The average Bonchev–Trinajstić information content (AvgIpc) is 3.51. The molecule has 11 heteroatoms. The summed E-state index contributed by atoms with van der Waals surface area (Å²) < 4.78 is 1.55. The highest BCUT2D eigenvalue weighted by Gasteiger charge is 2.23. The largest absolute Gasteiger partial charge is 0.352 e. The van der Waals surface area contributed by atoms with E-state index in [4.69, 9.17) is 0 Å². The van der Waals surface area contributed by atoms with Crippen LogP contribution in [-0.4, -0.2) is 62.3 Å². The van der Waals surface area contributed by atoms with Crippen LogP contribution in [0.5, 0.6) is 0 Å². The number of nitrogens with zero attached hydrogens (tertiary/aromatic N) is 6. The Morgan fingerprint density at radius 2 is 2.03 bits per heavy atom. The van der Waals surface area contributed by atoms with Crippen molar-refractivity contribution in [3.8, 4) is 10.4 Å². The van der Waals surface area contributed by atoms with Gasteiger partial charge in [-0.25, -0.2) is 9.97 Å². The highest BCUT2D eigenvalue weighted by atomic mass is 32.2. The van der Waals surface area contributed by atoms with Crippen molar-refractivity contribution in [3.05, 3.63) is 51.8 Å². The Morgan fingerprint density at radius 3 is 2.75 bits per heavy atom. The summed E-state index contributed by atoms with van der Waals surface area (Å²) in [5, 5.41) is 5.20. The third-order valence-electron chi connectivity index (χ3n) is 5.39. The van der Waals surface area contributed by atoms with Crippen LogP contribution >= 0.6 is 34.4 Å². The molecule has 0 unspecified atom stereocenters. The first-order valence-corrected chi connectivity index (χ1v) is 12.8. The Bertz CT molecular complexity index is 1290. The van der Waals surface area contributed by atoms with Gasteiger partial charge in [-0.2, -0.15) is 0 Å². The van der Waals surface area contributed by atoms with E-state index in [0.717, 1.165) is 29.3 Å². The van der Waals surface area contributed by atoms with E-state index in [9.17, 15) is 9.59 Å². The fraction of sp³-hybridized carbons (Fsp3) is 0.286. The van der Waals surface area contributed by atoms with Gasteiger partial charge in [0, 0.05) is 61.4 Å². The lowest BCUT2D eigenvalue weighted by Gasteiger charge is -2.35. The maximum Gasteiger partial charge on any atom is 0.263 e. The molecule has 1 aliphatic heterocycles. The van der Waals surface area contributed by atoms with E-state index in [2.05, 4.69) is 19.9 Å². The summed E-state index contributed by atoms with van der Waals surface area (Å²) in [5.74, 6) is 1.13. The van der Waals surface area contributed by atoms with Crippen LogP contribution in [0.15, 0.2) is 51.4 Å². The quantitative estimate of drug-likeness (QED) is 0.318. The summed E-state index contributed by atoms with van der Waals surface area (Å²) in [6.45, 7) is 2.71. The summed E-state index contributed by atoms with van der Waals surface area (Å²) >= 11 is 4.39. The molecule has 0 saturated carbocycles. The fourth-order valence-electron chi connectivity index (χ4n) is 3.65. The predicted molar refractivity (Wildman–Crippen MR) is 130 cm³/mol. The van der Waals surface area contributed by atoms with E-state index in [-0.39, 0.29) is 17.2 Å². The molecule has 0 bridgehead atoms. The van der Waals surface area contributed by atoms with Gasteiger partial charge in [0.05, 0.1) is 17.3 Å². The smallest absolute Gasteiger partial charge is 0.263 e. The van der Waals surface area contributed by atoms with Crippen molar-refractivity contribution < 1.29 is 4.79 Å². The zero-order chi connectivity index (χ0) is 22.1. The third kappa shape index (κ3) is 4.03. The Labute approximate surface area is 196 Å². The van der Waals surface area contributed by atoms with Crippen LogP contribution in [-0.2, 0) is 11.8 Å². The van der Waals surface area contributed by atoms with Gasteiger partial charge in [-0.05, 0) is 11.4 Å². The van der Waals surface area contributed by atoms with Gasteiger partial charge >= 0.3 is 0 Å². The summed E-state index contributed by atoms with van der Waals surface area (Å²) in [5.41, 5.74) is 0.855. The average molecular weight is 485 g/mol. The number of hydrogen-bond acceptors (Lipinski definition) is 9. The summed E-state index contributed by atoms with van der Waals surface area (Å²) in [6.07, 6.45) is 5.07. The molecule has 0 atom stereocenters. The van der Waals surface area contributed by atoms with Crippen LogP contribution in [0.25, 0.3) is 20.7 Å². The van der Waals surface area contributed by atoms with Crippen molar-refractivity contribution >= 4 is 56.4 Å². The van der Waals surface area contributed by atoms with Crippen LogP contribution in [0.2, 0.25) is 0 Å². The molecule has 1 saturated heterocycles. The maximum atomic E-state index is 13.1. The Morgan fingerprint density at radius 1 is 1.19 bits per heavy atom. The van der Waals surface area contributed by atoms with Crippen LogP contribution in [0.3, 0.4) is 0 Å². The second-order valence-electron chi connectivity index (χ2n) is 7.29. The molecule has 1 aliphatic rings. The lowest BCUT2D eigenvalue weighted by molar-refractivity contribution is -0.128. The molecule has 5 rings (SSSR count). The minimum absolute atomic E-state index is 0.0496. The number of hydrogen-bond donors (Lipinski definition) is 0. The zero-order valence-corrected chi connectivity index (χ0v) is 19.8. The van der Waals surface area contributed by atoms with Crippen molar-refractivity contribution in [1.82, 2.24) is 24.4 Å². The Kier molecular flexibility index (Phi) is 5.94. The highest BCUT2D eigenvalue weighted by molar-refractivity contribution is 7.99. The fourth-order valence-corrected chi connectivity index (χ4v) is 6.33. The molecule has 8 nitrogen and oxygen atoms in total. The number of thioether (sulfide) groups is 1. The molecular weight excluding hydrogens is 464 g/mol. The first kappa shape index (κ1) is 21.1. The first-order valence-electron chi connectivity index (χ1n) is 10.1. The topological polar surface area (TPSA) is 84.2 Å². The van der Waals surface area contributed by atoms with E-state index in [1.165, 1.54) is 23.1 Å². The molecule has 32 heavy (non-hydrogen) atoms. The molecule has 164 valence electrons. The number of rotatable bonds is 5. The molecule has 1 amide bonds. The van der Waals surface area contributed by atoms with Gasteiger partial charge in [-0.3, -0.25) is 19.1 Å². The van der Waals surface area contributed by atoms with Crippen molar-refractivity contribution in [2.45, 2.75) is 5.16 Å². The maximum absolute atomic E-state index is 13.1. The standard InChI is InChI=1S/C21H20N6O2S3/c1-25-20(29)18-14(15-3-2-10-30-15)12-31-19(18)24-21(25)32-13-17(28)27-8-6-26(7-9-27)16-11-22-4-5-23-16/h2-5,10-12H,6-9,13H2,1H3. The number of carbonyl (C=O) groups is 1. The van der Waals surface area contributed by atoms with Gasteiger partial charge in [0.1, 0.15) is 10.6 Å². The molecule has 0 aromatic carbocycles. The summed E-state index contributed by atoms with van der Waals surface area (Å²) in [6, 6.07) is 3.99. The Balaban J connectivity index is 1.26. The van der Waals surface area contributed by atoms with E-state index in [1.807, 2.05) is 27.8 Å². The van der Waals surface area contributed by atoms with Gasteiger partial charge in [0.25, 0.3) is 5.56 Å². The number of anilines is 1. The normalized spacial score (nSPS) is 14.3. The molecular formula is C21H20N6O2S3. The number of thiophene rings is 2. The number of carbonyl (C=O) groups excluding carboxylic acids is 1. The van der Waals surface area contributed by atoms with Gasteiger partial charge in [0.15, 0.2) is 5.16 Å². The Hall–Kier alpha value is -2.76. The third-order valence-corrected chi connectivity index (χ3v) is 8.18. The van der Waals surface area contributed by atoms with E-state index in [1.54, 1.807) is 41.5 Å². The SMILES string of the molecule is Cn1c(SCC(=O)N2CCN(c3cnccn3)CC2)nc2scc(-c3cccs3)c2c1=O. The molecule has 1 fully saturated rings. The molecule has 4 aromatic heterocycles. The minimum Gasteiger partial charge on any atom is -0.352 e. The van der Waals surface area contributed by atoms with E-state index >= 15 is 0 Å². The molecule has 0 N–H and O–H groups in total. The lowest BCUT2D eigenvalue weighted by atomic mass is 10.2. The van der Waals surface area contributed by atoms with Gasteiger partial charge in [0.2, 0.25) is 5.91 Å². The highest BCUT2D eigenvalue weighted by Crippen LogP contribution is 2.34. The predicted octanol–water partition coefficient (Wildman–Crippen LogP) is 2.95. The molecule has 4 aromatic rings. The van der Waals surface area contributed by atoms with Gasteiger partial charge in [-0.1, -0.05) is 17.8 Å². The molecule has 5 heterocycles. The zero-order valence-electron chi connectivity index (χ0n) is 17.3. The molecule has 0 spiro atoms. The summed E-state index contributed by atoms with van der Waals surface area (Å²) in [7, 11) is 1.72. The van der Waals surface area contributed by atoms with E-state index in [0.29, 0.717) is 28.5 Å². The van der Waals surface area contributed by atoms with Crippen LogP contribution < -0.4 is 10.5 Å². The first-order chi connectivity index (χ1) is 15.6. The van der Waals surface area contributed by atoms with Crippen molar-refractivity contribution in [2.24, 2.45) is 7.05 Å². The molecule has 0 radical (unpaired) electrons. The number of fused-ring (bicyclic) bond motifs is 1. The second kappa shape index (κ2) is 9.00. The van der Waals surface area contributed by atoms with Crippen molar-refractivity contribution in [1.29, 1.82) is 0 Å². The van der Waals surface area contributed by atoms with E-state index < -0.39 is 0 Å². The summed E-state index contributed by atoms with van der Waals surface area (Å²) in [4.78, 5) is 44.7. The number of amides is 1. The molecule has 0 aliphatic carbocycles.